The second-order valence-electron chi connectivity index (χ2n) is 6.09. The number of thiocarbonyl (C=S) groups is 1. The third-order valence-corrected chi connectivity index (χ3v) is 5.11. The van der Waals surface area contributed by atoms with Crippen LogP contribution in [0.15, 0.2) is 36.4 Å². The third-order valence-electron chi connectivity index (χ3n) is 3.87. The highest BCUT2D eigenvalue weighted by atomic mass is 35.5. The third kappa shape index (κ3) is 7.13. The summed E-state index contributed by atoms with van der Waals surface area (Å²) in [4.78, 5) is 12.3. The number of carbonyl (C=O) groups is 1. The molecule has 0 saturated heterocycles. The molecule has 0 radical (unpaired) electrons. The first-order valence-corrected chi connectivity index (χ1v) is 10.4. The van der Waals surface area contributed by atoms with Crippen molar-refractivity contribution in [2.45, 2.75) is 32.6 Å². The van der Waals surface area contributed by atoms with Gasteiger partial charge in [-0.2, -0.15) is 0 Å². The molecule has 4 nitrogen and oxygen atoms in total. The molecule has 0 fully saturated rings. The zero-order valence-electron chi connectivity index (χ0n) is 15.4. The molecule has 0 heterocycles. The van der Waals surface area contributed by atoms with E-state index in [1.54, 1.807) is 24.3 Å². The zero-order chi connectivity index (χ0) is 20.5. The van der Waals surface area contributed by atoms with Crippen LogP contribution in [-0.2, 0) is 0 Å². The van der Waals surface area contributed by atoms with E-state index in [1.165, 1.54) is 25.0 Å². The Morgan fingerprint density at radius 3 is 2.36 bits per heavy atom. The molecule has 0 unspecified atom stereocenters. The maximum Gasteiger partial charge on any atom is 0.257 e. The van der Waals surface area contributed by atoms with Crippen LogP contribution in [0.4, 0.5) is 5.69 Å². The molecule has 0 aliphatic rings. The summed E-state index contributed by atoms with van der Waals surface area (Å²) in [6.45, 7) is 2.84. The summed E-state index contributed by atoms with van der Waals surface area (Å²) in [6.07, 6.45) is 4.58. The number of benzene rings is 2. The van der Waals surface area contributed by atoms with Gasteiger partial charge in [-0.25, -0.2) is 0 Å². The summed E-state index contributed by atoms with van der Waals surface area (Å²) in [5.41, 5.74) is 0.913. The Balaban J connectivity index is 1.86. The maximum atomic E-state index is 12.3. The van der Waals surface area contributed by atoms with E-state index in [4.69, 9.17) is 51.8 Å². The molecule has 28 heavy (non-hydrogen) atoms. The first kappa shape index (κ1) is 22.8. The fourth-order valence-corrected chi connectivity index (χ4v) is 3.17. The SMILES string of the molecule is CCCCCCOc1ccc(C(=O)NC(=S)Nc2cc(Cl)c(Cl)cc2Cl)cc1. The minimum atomic E-state index is -0.344. The summed E-state index contributed by atoms with van der Waals surface area (Å²) in [5.74, 6) is 0.388. The van der Waals surface area contributed by atoms with E-state index in [-0.39, 0.29) is 11.0 Å². The van der Waals surface area contributed by atoms with Crippen molar-refractivity contribution < 1.29 is 9.53 Å². The van der Waals surface area contributed by atoms with Crippen molar-refractivity contribution in [2.24, 2.45) is 0 Å². The lowest BCUT2D eigenvalue weighted by atomic mass is 10.2. The molecule has 0 aliphatic heterocycles. The van der Waals surface area contributed by atoms with Gasteiger partial charge in [0.1, 0.15) is 5.75 Å². The van der Waals surface area contributed by atoms with E-state index < -0.39 is 0 Å². The van der Waals surface area contributed by atoms with E-state index in [0.717, 1.165) is 18.6 Å². The number of carbonyl (C=O) groups excluding carboxylic acids is 1. The first-order chi connectivity index (χ1) is 13.4. The molecule has 150 valence electrons. The van der Waals surface area contributed by atoms with E-state index in [1.807, 2.05) is 0 Å². The second-order valence-corrected chi connectivity index (χ2v) is 7.72. The van der Waals surface area contributed by atoms with Crippen LogP contribution in [0.5, 0.6) is 5.75 Å². The largest absolute Gasteiger partial charge is 0.494 e. The van der Waals surface area contributed by atoms with Crippen molar-refractivity contribution >= 4 is 63.7 Å². The Hall–Kier alpha value is -1.53. The smallest absolute Gasteiger partial charge is 0.257 e. The molecule has 2 N–H and O–H groups in total. The molecular weight excluding hydrogens is 439 g/mol. The Bertz CT molecular complexity index is 829. The maximum absolute atomic E-state index is 12.3. The molecule has 2 aromatic rings. The number of nitrogens with one attached hydrogen (secondary N) is 2. The van der Waals surface area contributed by atoms with Gasteiger partial charge in [0, 0.05) is 5.56 Å². The molecule has 0 saturated carbocycles. The molecule has 0 aromatic heterocycles. The van der Waals surface area contributed by atoms with Gasteiger partial charge < -0.3 is 10.1 Å². The van der Waals surface area contributed by atoms with Gasteiger partial charge in [-0.05, 0) is 55.0 Å². The average molecular weight is 460 g/mol. The Kier molecular flexibility index (Phi) is 9.32. The molecule has 0 aliphatic carbocycles. The summed E-state index contributed by atoms with van der Waals surface area (Å²) in [7, 11) is 0. The molecular formula is C20H21Cl3N2O2S. The fraction of sp³-hybridized carbons (Fsp3) is 0.300. The summed E-state index contributed by atoms with van der Waals surface area (Å²) >= 11 is 23.1. The van der Waals surface area contributed by atoms with Crippen LogP contribution < -0.4 is 15.4 Å². The number of hydrogen-bond donors (Lipinski definition) is 2. The van der Waals surface area contributed by atoms with Crippen LogP contribution in [0, 0.1) is 0 Å². The lowest BCUT2D eigenvalue weighted by molar-refractivity contribution is 0.0977. The summed E-state index contributed by atoms with van der Waals surface area (Å²) in [6, 6.07) is 9.94. The predicted molar refractivity (Wildman–Crippen MR) is 121 cm³/mol. The molecule has 0 bridgehead atoms. The number of hydrogen-bond acceptors (Lipinski definition) is 3. The lowest BCUT2D eigenvalue weighted by Gasteiger charge is -2.12. The van der Waals surface area contributed by atoms with Gasteiger partial charge in [0.25, 0.3) is 5.91 Å². The minimum Gasteiger partial charge on any atom is -0.494 e. The highest BCUT2D eigenvalue weighted by Gasteiger charge is 2.11. The topological polar surface area (TPSA) is 50.4 Å². The molecule has 1 amide bonds. The lowest BCUT2D eigenvalue weighted by Crippen LogP contribution is -2.34. The monoisotopic (exact) mass is 458 g/mol. The van der Waals surface area contributed by atoms with Gasteiger partial charge in [0.2, 0.25) is 0 Å². The number of rotatable bonds is 8. The highest BCUT2D eigenvalue weighted by Crippen LogP contribution is 2.32. The standard InChI is InChI=1S/C20H21Cl3N2O2S/c1-2-3-4-5-10-27-14-8-6-13(7-9-14)19(26)25-20(28)24-18-12-16(22)15(21)11-17(18)23/h6-9,11-12H,2-5,10H2,1H3,(H2,24,25,26,28). The van der Waals surface area contributed by atoms with Crippen molar-refractivity contribution in [3.63, 3.8) is 0 Å². The van der Waals surface area contributed by atoms with Gasteiger partial charge in [0.15, 0.2) is 5.11 Å². The zero-order valence-corrected chi connectivity index (χ0v) is 18.4. The van der Waals surface area contributed by atoms with Gasteiger partial charge in [-0.3, -0.25) is 10.1 Å². The average Bonchev–Trinajstić information content (AvgIpc) is 2.66. The normalized spacial score (nSPS) is 10.4. The molecule has 2 rings (SSSR count). The number of amides is 1. The van der Waals surface area contributed by atoms with Crippen molar-refractivity contribution in [1.29, 1.82) is 0 Å². The Labute approximate surface area is 185 Å². The predicted octanol–water partition coefficient (Wildman–Crippen LogP) is 6.73. The van der Waals surface area contributed by atoms with Gasteiger partial charge in [-0.1, -0.05) is 61.0 Å². The van der Waals surface area contributed by atoms with Crippen molar-refractivity contribution in [2.75, 3.05) is 11.9 Å². The van der Waals surface area contributed by atoms with Crippen molar-refractivity contribution in [1.82, 2.24) is 5.32 Å². The van der Waals surface area contributed by atoms with Crippen molar-refractivity contribution in [3.05, 3.63) is 57.0 Å². The molecule has 8 heteroatoms. The number of anilines is 1. The van der Waals surface area contributed by atoms with Gasteiger partial charge in [0.05, 0.1) is 27.4 Å². The Morgan fingerprint density at radius 1 is 1.00 bits per heavy atom. The highest BCUT2D eigenvalue weighted by molar-refractivity contribution is 7.80. The molecule has 0 spiro atoms. The van der Waals surface area contributed by atoms with Crippen LogP contribution in [0.1, 0.15) is 43.0 Å². The van der Waals surface area contributed by atoms with Crippen LogP contribution in [-0.4, -0.2) is 17.6 Å². The fourth-order valence-electron chi connectivity index (χ4n) is 2.37. The van der Waals surface area contributed by atoms with Gasteiger partial charge >= 0.3 is 0 Å². The van der Waals surface area contributed by atoms with Crippen LogP contribution in [0.2, 0.25) is 15.1 Å². The Morgan fingerprint density at radius 2 is 1.68 bits per heavy atom. The quantitative estimate of drug-likeness (QED) is 0.261. The second kappa shape index (κ2) is 11.5. The van der Waals surface area contributed by atoms with Gasteiger partial charge in [-0.15, -0.1) is 0 Å². The van der Waals surface area contributed by atoms with E-state index in [2.05, 4.69) is 17.6 Å². The minimum absolute atomic E-state index is 0.0986. The molecule has 0 atom stereocenters. The number of halogens is 3. The van der Waals surface area contributed by atoms with Crippen molar-refractivity contribution in [3.8, 4) is 5.75 Å². The summed E-state index contributed by atoms with van der Waals surface area (Å²) < 4.78 is 5.67. The van der Waals surface area contributed by atoms with Crippen LogP contribution in [0.25, 0.3) is 0 Å². The number of unbranched alkanes of at least 4 members (excludes halogenated alkanes) is 3. The summed E-state index contributed by atoms with van der Waals surface area (Å²) in [5, 5.41) is 6.53. The van der Waals surface area contributed by atoms with E-state index in [0.29, 0.717) is 32.9 Å². The first-order valence-electron chi connectivity index (χ1n) is 8.90. The molecule has 2 aromatic carbocycles. The van der Waals surface area contributed by atoms with Crippen LogP contribution in [0.3, 0.4) is 0 Å². The van der Waals surface area contributed by atoms with Crippen LogP contribution >= 0.6 is 47.0 Å². The number of ether oxygens (including phenoxy) is 1. The van der Waals surface area contributed by atoms with E-state index in [9.17, 15) is 4.79 Å². The van der Waals surface area contributed by atoms with E-state index >= 15 is 0 Å².